The molecule has 1 aromatic carbocycles. The van der Waals surface area contributed by atoms with Crippen molar-refractivity contribution in [2.45, 2.75) is 64.4 Å². The van der Waals surface area contributed by atoms with Gasteiger partial charge in [-0.1, -0.05) is 13.8 Å². The number of hydrogen-bond acceptors (Lipinski definition) is 5. The van der Waals surface area contributed by atoms with Crippen LogP contribution < -0.4 is 5.76 Å². The fourth-order valence-corrected chi connectivity index (χ4v) is 5.37. The fraction of sp³-hybridized carbons (Fsp3) is 0.619. The van der Waals surface area contributed by atoms with Crippen LogP contribution in [0.25, 0.3) is 11.1 Å². The third-order valence-corrected chi connectivity index (χ3v) is 7.29. The lowest BCUT2D eigenvalue weighted by molar-refractivity contribution is -0.133. The highest BCUT2D eigenvalue weighted by atomic mass is 32.2. The zero-order chi connectivity index (χ0) is 22.1. The van der Waals surface area contributed by atoms with E-state index in [-0.39, 0.29) is 35.4 Å². The van der Waals surface area contributed by atoms with Gasteiger partial charge in [0.15, 0.2) is 5.58 Å². The van der Waals surface area contributed by atoms with Crippen molar-refractivity contribution in [3.63, 3.8) is 0 Å². The summed E-state index contributed by atoms with van der Waals surface area (Å²) in [6, 6.07) is 4.57. The molecule has 1 fully saturated rings. The Balaban J connectivity index is 1.81. The van der Waals surface area contributed by atoms with E-state index in [1.165, 1.54) is 21.0 Å². The van der Waals surface area contributed by atoms with Crippen LogP contribution in [0.15, 0.2) is 32.3 Å². The SMILES string of the molecule is CC(C)CN(C(=O)CCn1c(=O)oc2cc(S(=O)(=O)N3CCCC3)ccc21)C(C)C. The molecule has 1 aromatic heterocycles. The highest BCUT2D eigenvalue weighted by Gasteiger charge is 2.28. The van der Waals surface area contributed by atoms with Crippen molar-refractivity contribution in [2.24, 2.45) is 5.92 Å². The van der Waals surface area contributed by atoms with Gasteiger partial charge in [0.25, 0.3) is 0 Å². The molecule has 0 unspecified atom stereocenters. The first-order chi connectivity index (χ1) is 14.1. The van der Waals surface area contributed by atoms with Crippen molar-refractivity contribution in [3.8, 4) is 0 Å². The number of fused-ring (bicyclic) bond motifs is 1. The second-order valence-corrected chi connectivity index (χ2v) is 10.5. The van der Waals surface area contributed by atoms with E-state index >= 15 is 0 Å². The quantitative estimate of drug-likeness (QED) is 0.633. The summed E-state index contributed by atoms with van der Waals surface area (Å²) >= 11 is 0. The number of sulfonamides is 1. The maximum Gasteiger partial charge on any atom is 0.419 e. The minimum atomic E-state index is -3.59. The number of aromatic nitrogens is 1. The lowest BCUT2D eigenvalue weighted by atomic mass is 10.1. The van der Waals surface area contributed by atoms with Crippen LogP contribution in [0, 0.1) is 5.92 Å². The van der Waals surface area contributed by atoms with Gasteiger partial charge in [-0.25, -0.2) is 13.2 Å². The molecule has 30 heavy (non-hydrogen) atoms. The molecule has 1 aliphatic heterocycles. The molecule has 2 heterocycles. The summed E-state index contributed by atoms with van der Waals surface area (Å²) in [6.45, 7) is 9.94. The van der Waals surface area contributed by atoms with Crippen molar-refractivity contribution in [3.05, 3.63) is 28.7 Å². The Bertz CT molecular complexity index is 1060. The Morgan fingerprint density at radius 3 is 2.43 bits per heavy atom. The summed E-state index contributed by atoms with van der Waals surface area (Å²) in [7, 11) is -3.59. The van der Waals surface area contributed by atoms with Crippen molar-refractivity contribution in [1.82, 2.24) is 13.8 Å². The molecule has 0 bridgehead atoms. The molecule has 9 heteroatoms. The smallest absolute Gasteiger partial charge is 0.408 e. The van der Waals surface area contributed by atoms with Crippen molar-refractivity contribution in [1.29, 1.82) is 0 Å². The lowest BCUT2D eigenvalue weighted by Crippen LogP contribution is -2.40. The standard InChI is InChI=1S/C21H31N3O5S/c1-15(2)14-24(16(3)4)20(25)9-12-23-18-8-7-17(13-19(18)29-21(23)26)30(27,28)22-10-5-6-11-22/h7-8,13,15-16H,5-6,9-12,14H2,1-4H3. The molecule has 0 saturated carbocycles. The van der Waals surface area contributed by atoms with E-state index in [0.717, 1.165) is 12.8 Å². The Kier molecular flexibility index (Phi) is 6.71. The molecule has 1 aliphatic rings. The molecule has 0 atom stereocenters. The van der Waals surface area contributed by atoms with E-state index in [0.29, 0.717) is 31.1 Å². The van der Waals surface area contributed by atoms with Crippen LogP contribution in [0.3, 0.4) is 0 Å². The third-order valence-electron chi connectivity index (χ3n) is 5.40. The topological polar surface area (TPSA) is 92.8 Å². The summed E-state index contributed by atoms with van der Waals surface area (Å²) in [4.78, 5) is 27.0. The number of carbonyl (C=O) groups excluding carboxylic acids is 1. The van der Waals surface area contributed by atoms with E-state index < -0.39 is 15.8 Å². The largest absolute Gasteiger partial charge is 0.419 e. The summed E-state index contributed by atoms with van der Waals surface area (Å²) in [6.07, 6.45) is 1.88. The van der Waals surface area contributed by atoms with E-state index in [1.54, 1.807) is 6.07 Å². The van der Waals surface area contributed by atoms with Gasteiger partial charge in [-0.3, -0.25) is 9.36 Å². The van der Waals surface area contributed by atoms with Gasteiger partial charge >= 0.3 is 5.76 Å². The molecular formula is C21H31N3O5S. The Hall–Kier alpha value is -2.13. The van der Waals surface area contributed by atoms with Crippen LogP contribution in [0.4, 0.5) is 0 Å². The number of nitrogens with zero attached hydrogens (tertiary/aromatic N) is 3. The van der Waals surface area contributed by atoms with Crippen molar-refractivity contribution in [2.75, 3.05) is 19.6 Å². The van der Waals surface area contributed by atoms with Gasteiger partial charge in [-0.15, -0.1) is 0 Å². The first kappa shape index (κ1) is 22.6. The van der Waals surface area contributed by atoms with Gasteiger partial charge in [0.05, 0.1) is 10.4 Å². The van der Waals surface area contributed by atoms with Crippen LogP contribution in [0.2, 0.25) is 0 Å². The lowest BCUT2D eigenvalue weighted by Gasteiger charge is -2.28. The average Bonchev–Trinajstić information content (AvgIpc) is 3.31. The van der Waals surface area contributed by atoms with Crippen molar-refractivity contribution < 1.29 is 17.6 Å². The Morgan fingerprint density at radius 1 is 1.17 bits per heavy atom. The minimum Gasteiger partial charge on any atom is -0.408 e. The summed E-state index contributed by atoms with van der Waals surface area (Å²) < 4.78 is 33.7. The van der Waals surface area contributed by atoms with Gasteiger partial charge in [0.2, 0.25) is 15.9 Å². The zero-order valence-electron chi connectivity index (χ0n) is 18.1. The number of rotatable bonds is 8. The monoisotopic (exact) mass is 437 g/mol. The molecule has 0 N–H and O–H groups in total. The van der Waals surface area contributed by atoms with Gasteiger partial charge in [0.1, 0.15) is 0 Å². The molecule has 166 valence electrons. The molecule has 2 aromatic rings. The predicted molar refractivity (Wildman–Crippen MR) is 115 cm³/mol. The first-order valence-electron chi connectivity index (χ1n) is 10.5. The number of benzene rings is 1. The number of oxazole rings is 1. The second kappa shape index (κ2) is 8.93. The number of amides is 1. The van der Waals surface area contributed by atoms with Gasteiger partial charge in [0, 0.05) is 44.7 Å². The molecule has 1 amide bonds. The molecule has 3 rings (SSSR count). The summed E-state index contributed by atoms with van der Waals surface area (Å²) in [5, 5.41) is 0. The highest BCUT2D eigenvalue weighted by molar-refractivity contribution is 7.89. The van der Waals surface area contributed by atoms with Crippen LogP contribution in [0.1, 0.15) is 47.0 Å². The predicted octanol–water partition coefficient (Wildman–Crippen LogP) is 2.66. The molecule has 0 spiro atoms. The van der Waals surface area contributed by atoms with Gasteiger partial charge in [-0.2, -0.15) is 4.31 Å². The van der Waals surface area contributed by atoms with Gasteiger partial charge in [-0.05, 0) is 44.7 Å². The first-order valence-corrected chi connectivity index (χ1v) is 12.0. The van der Waals surface area contributed by atoms with Crippen LogP contribution >= 0.6 is 0 Å². The van der Waals surface area contributed by atoms with Crippen LogP contribution in [-0.2, 0) is 21.4 Å². The van der Waals surface area contributed by atoms with Crippen LogP contribution in [0.5, 0.6) is 0 Å². The fourth-order valence-electron chi connectivity index (χ4n) is 3.84. The van der Waals surface area contributed by atoms with E-state index in [1.807, 2.05) is 18.7 Å². The molecule has 0 aliphatic carbocycles. The second-order valence-electron chi connectivity index (χ2n) is 8.54. The number of hydrogen-bond donors (Lipinski definition) is 0. The average molecular weight is 438 g/mol. The Labute approximate surface area is 177 Å². The normalized spacial score (nSPS) is 15.5. The molecule has 8 nitrogen and oxygen atoms in total. The third kappa shape index (κ3) is 4.62. The molecule has 0 radical (unpaired) electrons. The van der Waals surface area contributed by atoms with Gasteiger partial charge < -0.3 is 9.32 Å². The van der Waals surface area contributed by atoms with E-state index in [2.05, 4.69) is 13.8 Å². The van der Waals surface area contributed by atoms with Crippen molar-refractivity contribution >= 4 is 27.0 Å². The summed E-state index contributed by atoms with van der Waals surface area (Å²) in [5.41, 5.74) is 0.712. The number of aryl methyl sites for hydroxylation is 1. The zero-order valence-corrected chi connectivity index (χ0v) is 18.9. The summed E-state index contributed by atoms with van der Waals surface area (Å²) in [5.74, 6) is -0.258. The molecule has 1 saturated heterocycles. The van der Waals surface area contributed by atoms with E-state index in [4.69, 9.17) is 4.42 Å². The maximum absolute atomic E-state index is 12.8. The number of carbonyl (C=O) groups is 1. The Morgan fingerprint density at radius 2 is 1.83 bits per heavy atom. The van der Waals surface area contributed by atoms with Crippen LogP contribution in [-0.4, -0.2) is 53.8 Å². The highest BCUT2D eigenvalue weighted by Crippen LogP contribution is 2.24. The van der Waals surface area contributed by atoms with E-state index in [9.17, 15) is 18.0 Å². The maximum atomic E-state index is 12.8. The molecular weight excluding hydrogens is 406 g/mol. The minimum absolute atomic E-state index is 0.0202.